The highest BCUT2D eigenvalue weighted by atomic mass is 16.5. The van der Waals surface area contributed by atoms with Crippen LogP contribution in [-0.2, 0) is 24.9 Å². The third-order valence-corrected chi connectivity index (χ3v) is 5.63. The second-order valence-corrected chi connectivity index (χ2v) is 7.34. The first-order valence-corrected chi connectivity index (χ1v) is 9.08. The topological polar surface area (TPSA) is 46.4 Å². The van der Waals surface area contributed by atoms with E-state index in [4.69, 9.17) is 4.74 Å². The molecule has 0 spiro atoms. The molecule has 2 aromatic rings. The van der Waals surface area contributed by atoms with Crippen LogP contribution in [0.5, 0.6) is 0 Å². The first kappa shape index (κ1) is 16.7. The number of hydrogen-bond donors (Lipinski definition) is 0. The molecule has 0 aromatic carbocycles. The van der Waals surface area contributed by atoms with Crippen molar-refractivity contribution in [2.45, 2.75) is 31.7 Å². The number of nitrogens with zero attached hydrogens (tertiary/aromatic N) is 5. The molecule has 4 heterocycles. The van der Waals surface area contributed by atoms with E-state index in [-0.39, 0.29) is 0 Å². The predicted molar refractivity (Wildman–Crippen MR) is 95.8 cm³/mol. The van der Waals surface area contributed by atoms with Gasteiger partial charge in [0.1, 0.15) is 0 Å². The Morgan fingerprint density at radius 3 is 2.84 bits per heavy atom. The Morgan fingerprint density at radius 2 is 2.12 bits per heavy atom. The number of aromatic nitrogens is 3. The molecule has 2 aromatic heterocycles. The van der Waals surface area contributed by atoms with Crippen molar-refractivity contribution >= 4 is 0 Å². The summed E-state index contributed by atoms with van der Waals surface area (Å²) in [5.41, 5.74) is 2.58. The first-order valence-electron chi connectivity index (χ1n) is 9.08. The second kappa shape index (κ2) is 7.23. The Bertz CT molecular complexity index is 688. The zero-order chi connectivity index (χ0) is 17.2. The molecule has 0 unspecified atom stereocenters. The highest BCUT2D eigenvalue weighted by molar-refractivity contribution is 5.11. The number of rotatable bonds is 5. The van der Waals surface area contributed by atoms with Crippen molar-refractivity contribution in [2.75, 3.05) is 26.7 Å². The maximum Gasteiger partial charge on any atom is 0.0639 e. The quantitative estimate of drug-likeness (QED) is 0.825. The summed E-state index contributed by atoms with van der Waals surface area (Å²) in [4.78, 5) is 9.43. The molecule has 0 amide bonds. The van der Waals surface area contributed by atoms with Gasteiger partial charge in [0.2, 0.25) is 0 Å². The minimum atomic E-state index is 0.369. The van der Waals surface area contributed by atoms with E-state index in [1.165, 1.54) is 11.1 Å². The SMILES string of the molecule is CO[C@@H]1CCN(Cc2cnn(C)c2)[C@H]2CN(Cc3cccnc3)C[C@@H]12. The van der Waals surface area contributed by atoms with Crippen LogP contribution in [0.2, 0.25) is 0 Å². The number of fused-ring (bicyclic) bond motifs is 1. The van der Waals surface area contributed by atoms with E-state index in [0.717, 1.165) is 39.1 Å². The van der Waals surface area contributed by atoms with Crippen LogP contribution in [0.3, 0.4) is 0 Å². The van der Waals surface area contributed by atoms with Crippen LogP contribution in [0.1, 0.15) is 17.5 Å². The van der Waals surface area contributed by atoms with Crippen LogP contribution >= 0.6 is 0 Å². The summed E-state index contributed by atoms with van der Waals surface area (Å²) in [6.45, 7) is 5.24. The van der Waals surface area contributed by atoms with Gasteiger partial charge >= 0.3 is 0 Å². The number of methoxy groups -OCH3 is 1. The largest absolute Gasteiger partial charge is 0.381 e. The third kappa shape index (κ3) is 3.61. The first-order chi connectivity index (χ1) is 12.2. The lowest BCUT2D eigenvalue weighted by Gasteiger charge is -2.41. The molecule has 4 rings (SSSR count). The van der Waals surface area contributed by atoms with Crippen LogP contribution in [-0.4, -0.2) is 63.5 Å². The van der Waals surface area contributed by atoms with Crippen molar-refractivity contribution < 1.29 is 4.74 Å². The molecule has 6 nitrogen and oxygen atoms in total. The zero-order valence-electron chi connectivity index (χ0n) is 15.1. The minimum Gasteiger partial charge on any atom is -0.381 e. The fraction of sp³-hybridized carbons (Fsp3) is 0.579. The molecule has 0 bridgehead atoms. The Balaban J connectivity index is 1.47. The molecule has 2 aliphatic rings. The monoisotopic (exact) mass is 341 g/mol. The molecule has 0 radical (unpaired) electrons. The molecule has 6 heteroatoms. The number of hydrogen-bond acceptors (Lipinski definition) is 5. The summed E-state index contributed by atoms with van der Waals surface area (Å²) < 4.78 is 7.71. The van der Waals surface area contributed by atoms with Crippen molar-refractivity contribution in [3.63, 3.8) is 0 Å². The maximum atomic E-state index is 5.82. The van der Waals surface area contributed by atoms with Gasteiger partial charge in [-0.1, -0.05) is 6.07 Å². The van der Waals surface area contributed by atoms with Crippen molar-refractivity contribution in [1.82, 2.24) is 24.6 Å². The van der Waals surface area contributed by atoms with E-state index in [1.54, 1.807) is 0 Å². The molecular formula is C19H27N5O. The summed E-state index contributed by atoms with van der Waals surface area (Å²) in [6.07, 6.45) is 9.40. The minimum absolute atomic E-state index is 0.369. The van der Waals surface area contributed by atoms with E-state index < -0.39 is 0 Å². The van der Waals surface area contributed by atoms with Crippen LogP contribution in [0.4, 0.5) is 0 Å². The number of pyridine rings is 1. The van der Waals surface area contributed by atoms with E-state index in [9.17, 15) is 0 Å². The van der Waals surface area contributed by atoms with Gasteiger partial charge in [-0.15, -0.1) is 0 Å². The van der Waals surface area contributed by atoms with Crippen molar-refractivity contribution in [3.05, 3.63) is 48.0 Å². The fourth-order valence-corrected chi connectivity index (χ4v) is 4.47. The fourth-order valence-electron chi connectivity index (χ4n) is 4.47. The van der Waals surface area contributed by atoms with Crippen LogP contribution in [0, 0.1) is 5.92 Å². The average molecular weight is 341 g/mol. The maximum absolute atomic E-state index is 5.82. The predicted octanol–water partition coefficient (Wildman–Crippen LogP) is 1.54. The molecule has 0 N–H and O–H groups in total. The van der Waals surface area contributed by atoms with Crippen LogP contribution in [0.25, 0.3) is 0 Å². The number of ether oxygens (including phenoxy) is 1. The standard InChI is InChI=1S/C19H27N5O/c1-22-10-16(9-21-22)12-24-7-5-19(25-2)17-13-23(14-18(17)24)11-15-4-3-6-20-8-15/h3-4,6,8-10,17-19H,5,7,11-14H2,1-2H3/t17-,18+,19-/m1/s1. The zero-order valence-corrected chi connectivity index (χ0v) is 15.1. The number of likely N-dealkylation sites (tertiary alicyclic amines) is 2. The summed E-state index contributed by atoms with van der Waals surface area (Å²) in [7, 11) is 3.84. The molecule has 2 saturated heterocycles. The average Bonchev–Trinajstić information content (AvgIpc) is 3.22. The van der Waals surface area contributed by atoms with Gasteiger partial charge in [-0.25, -0.2) is 0 Å². The smallest absolute Gasteiger partial charge is 0.0639 e. The van der Waals surface area contributed by atoms with Gasteiger partial charge in [0.15, 0.2) is 0 Å². The van der Waals surface area contributed by atoms with Gasteiger partial charge in [-0.2, -0.15) is 5.10 Å². The van der Waals surface area contributed by atoms with Gasteiger partial charge in [0, 0.05) is 83.0 Å². The van der Waals surface area contributed by atoms with Gasteiger partial charge in [0.05, 0.1) is 12.3 Å². The van der Waals surface area contributed by atoms with Gasteiger partial charge in [-0.05, 0) is 18.1 Å². The normalized spacial score (nSPS) is 27.5. The summed E-state index contributed by atoms with van der Waals surface area (Å²) in [5, 5.41) is 4.32. The highest BCUT2D eigenvalue weighted by Gasteiger charge is 2.44. The van der Waals surface area contributed by atoms with E-state index >= 15 is 0 Å². The molecule has 2 aliphatic heterocycles. The Morgan fingerprint density at radius 1 is 1.20 bits per heavy atom. The summed E-state index contributed by atoms with van der Waals surface area (Å²) in [5.74, 6) is 0.576. The third-order valence-electron chi connectivity index (χ3n) is 5.63. The van der Waals surface area contributed by atoms with Gasteiger partial charge in [-0.3, -0.25) is 19.5 Å². The Kier molecular flexibility index (Phi) is 4.83. The second-order valence-electron chi connectivity index (χ2n) is 7.34. The van der Waals surface area contributed by atoms with Crippen LogP contribution < -0.4 is 0 Å². The summed E-state index contributed by atoms with van der Waals surface area (Å²) >= 11 is 0. The molecule has 0 saturated carbocycles. The summed E-state index contributed by atoms with van der Waals surface area (Å²) in [6, 6.07) is 4.73. The molecule has 2 fully saturated rings. The lowest BCUT2D eigenvalue weighted by Crippen LogP contribution is -2.50. The highest BCUT2D eigenvalue weighted by Crippen LogP contribution is 2.34. The van der Waals surface area contributed by atoms with Gasteiger partial charge < -0.3 is 4.74 Å². The molecule has 134 valence electrons. The van der Waals surface area contributed by atoms with Crippen molar-refractivity contribution in [1.29, 1.82) is 0 Å². The van der Waals surface area contributed by atoms with Crippen LogP contribution in [0.15, 0.2) is 36.9 Å². The number of piperidine rings is 1. The number of aryl methyl sites for hydroxylation is 1. The van der Waals surface area contributed by atoms with E-state index in [2.05, 4.69) is 32.1 Å². The van der Waals surface area contributed by atoms with E-state index in [0.29, 0.717) is 18.1 Å². The van der Waals surface area contributed by atoms with Crippen molar-refractivity contribution in [3.8, 4) is 0 Å². The lowest BCUT2D eigenvalue weighted by molar-refractivity contribution is -0.0245. The van der Waals surface area contributed by atoms with Crippen molar-refractivity contribution in [2.24, 2.45) is 13.0 Å². The molecule has 0 aliphatic carbocycles. The van der Waals surface area contributed by atoms with Gasteiger partial charge in [0.25, 0.3) is 0 Å². The molecular weight excluding hydrogens is 314 g/mol. The Labute approximate surface area is 149 Å². The molecule has 3 atom stereocenters. The lowest BCUT2D eigenvalue weighted by atomic mass is 9.89. The molecule has 25 heavy (non-hydrogen) atoms. The Hall–Kier alpha value is -1.76. The van der Waals surface area contributed by atoms with E-state index in [1.807, 2.05) is 43.5 Å².